The maximum atomic E-state index is 6.45. The molecule has 0 radical (unpaired) electrons. The molecule has 1 spiro atoms. The lowest BCUT2D eigenvalue weighted by molar-refractivity contribution is -0.567. The number of ether oxygens (including phenoxy) is 2. The van der Waals surface area contributed by atoms with Crippen LogP contribution in [0.5, 0.6) is 0 Å². The van der Waals surface area contributed by atoms with Gasteiger partial charge in [-0.3, -0.25) is 0 Å². The zero-order chi connectivity index (χ0) is 14.8. The Morgan fingerprint density at radius 1 is 1.14 bits per heavy atom. The van der Waals surface area contributed by atoms with E-state index in [1.807, 2.05) is 6.92 Å². The molecular weight excluding hydrogens is 290 g/mol. The SMILES string of the molecule is CS[C@H]1O[C@@H]2O[C@@]3(C)CC[C@H]4[C@H](N)CC[C@@H]([C@H]1C)[C@@]24OO3. The van der Waals surface area contributed by atoms with E-state index < -0.39 is 11.4 Å². The predicted molar refractivity (Wildman–Crippen MR) is 79.2 cm³/mol. The lowest BCUT2D eigenvalue weighted by Gasteiger charge is -2.60. The van der Waals surface area contributed by atoms with E-state index in [4.69, 9.17) is 25.0 Å². The van der Waals surface area contributed by atoms with E-state index >= 15 is 0 Å². The van der Waals surface area contributed by atoms with E-state index in [1.165, 1.54) is 0 Å². The molecule has 4 saturated heterocycles. The number of rotatable bonds is 1. The minimum Gasteiger partial charge on any atom is -0.335 e. The first-order valence-corrected chi connectivity index (χ1v) is 9.27. The monoisotopic (exact) mass is 315 g/mol. The molecule has 6 heteroatoms. The average Bonchev–Trinajstić information content (AvgIpc) is 2.69. The summed E-state index contributed by atoms with van der Waals surface area (Å²) in [5.41, 5.74) is 6.06. The molecule has 2 N–H and O–H groups in total. The highest BCUT2D eigenvalue weighted by molar-refractivity contribution is 7.99. The normalized spacial score (nSPS) is 59.4. The van der Waals surface area contributed by atoms with Crippen molar-refractivity contribution >= 4 is 11.8 Å². The summed E-state index contributed by atoms with van der Waals surface area (Å²) in [6, 6.07) is 0.137. The highest BCUT2D eigenvalue weighted by atomic mass is 32.2. The predicted octanol–water partition coefficient (Wildman–Crippen LogP) is 2.25. The van der Waals surface area contributed by atoms with E-state index in [1.54, 1.807) is 11.8 Å². The summed E-state index contributed by atoms with van der Waals surface area (Å²) in [6.45, 7) is 4.19. The van der Waals surface area contributed by atoms with Crippen LogP contribution in [-0.2, 0) is 19.2 Å². The molecule has 4 heterocycles. The topological polar surface area (TPSA) is 62.9 Å². The Morgan fingerprint density at radius 2 is 1.95 bits per heavy atom. The zero-order valence-corrected chi connectivity index (χ0v) is 13.7. The van der Waals surface area contributed by atoms with Crippen molar-refractivity contribution in [1.82, 2.24) is 0 Å². The van der Waals surface area contributed by atoms with Gasteiger partial charge in [0, 0.05) is 24.3 Å². The molecule has 120 valence electrons. The van der Waals surface area contributed by atoms with Crippen LogP contribution >= 0.6 is 11.8 Å². The molecule has 1 aliphatic carbocycles. The molecule has 4 aliphatic heterocycles. The average molecular weight is 315 g/mol. The van der Waals surface area contributed by atoms with Gasteiger partial charge in [0.05, 0.1) is 0 Å². The lowest BCUT2D eigenvalue weighted by atomic mass is 9.60. The van der Waals surface area contributed by atoms with Crippen molar-refractivity contribution in [1.29, 1.82) is 0 Å². The van der Waals surface area contributed by atoms with Gasteiger partial charge in [0.2, 0.25) is 5.79 Å². The van der Waals surface area contributed by atoms with Crippen molar-refractivity contribution in [3.8, 4) is 0 Å². The van der Waals surface area contributed by atoms with Crippen LogP contribution in [0.2, 0.25) is 0 Å². The van der Waals surface area contributed by atoms with Crippen molar-refractivity contribution < 1.29 is 19.2 Å². The van der Waals surface area contributed by atoms with Crippen LogP contribution in [0.3, 0.4) is 0 Å². The number of fused-ring (bicyclic) bond motifs is 2. The summed E-state index contributed by atoms with van der Waals surface area (Å²) in [7, 11) is 0. The first-order valence-electron chi connectivity index (χ1n) is 7.99. The maximum Gasteiger partial charge on any atom is 0.201 e. The summed E-state index contributed by atoms with van der Waals surface area (Å²) < 4.78 is 12.5. The van der Waals surface area contributed by atoms with Crippen molar-refractivity contribution in [2.24, 2.45) is 23.5 Å². The second kappa shape index (κ2) is 4.82. The molecule has 0 aromatic heterocycles. The summed E-state index contributed by atoms with van der Waals surface area (Å²) in [6.07, 6.45) is 5.62. The lowest BCUT2D eigenvalue weighted by Crippen LogP contribution is -2.71. The Kier molecular flexibility index (Phi) is 3.38. The van der Waals surface area contributed by atoms with Crippen LogP contribution in [0, 0.1) is 17.8 Å². The highest BCUT2D eigenvalue weighted by Crippen LogP contribution is 2.59. The summed E-state index contributed by atoms with van der Waals surface area (Å²) in [5.74, 6) is 0.319. The third-order valence-electron chi connectivity index (χ3n) is 6.04. The highest BCUT2D eigenvalue weighted by Gasteiger charge is 2.69. The maximum absolute atomic E-state index is 6.45. The molecule has 21 heavy (non-hydrogen) atoms. The summed E-state index contributed by atoms with van der Waals surface area (Å²) in [5, 5.41) is 0. The van der Waals surface area contributed by atoms with E-state index in [9.17, 15) is 0 Å². The summed E-state index contributed by atoms with van der Waals surface area (Å²) in [4.78, 5) is 11.7. The van der Waals surface area contributed by atoms with Crippen LogP contribution in [0.15, 0.2) is 0 Å². The van der Waals surface area contributed by atoms with Crippen LogP contribution in [-0.4, -0.2) is 35.4 Å². The van der Waals surface area contributed by atoms with Gasteiger partial charge in [-0.1, -0.05) is 6.92 Å². The zero-order valence-electron chi connectivity index (χ0n) is 12.9. The number of nitrogens with two attached hydrogens (primary N) is 1. The fraction of sp³-hybridized carbons (Fsp3) is 1.00. The minimum absolute atomic E-state index is 0.137. The van der Waals surface area contributed by atoms with Crippen molar-refractivity contribution in [2.45, 2.75) is 68.7 Å². The van der Waals surface area contributed by atoms with Crippen LogP contribution in [0.25, 0.3) is 0 Å². The van der Waals surface area contributed by atoms with Gasteiger partial charge in [0.25, 0.3) is 0 Å². The van der Waals surface area contributed by atoms with Crippen molar-refractivity contribution in [2.75, 3.05) is 6.26 Å². The van der Waals surface area contributed by atoms with Crippen molar-refractivity contribution in [3.63, 3.8) is 0 Å². The number of hydrogen-bond acceptors (Lipinski definition) is 6. The van der Waals surface area contributed by atoms with Crippen LogP contribution < -0.4 is 5.73 Å². The molecule has 0 unspecified atom stereocenters. The fourth-order valence-corrected chi connectivity index (χ4v) is 5.72. The smallest absolute Gasteiger partial charge is 0.201 e. The Bertz CT molecular complexity index is 438. The molecule has 8 atom stereocenters. The molecule has 5 fully saturated rings. The molecule has 0 amide bonds. The Labute approximate surface area is 130 Å². The first-order chi connectivity index (χ1) is 10.00. The summed E-state index contributed by atoms with van der Waals surface area (Å²) >= 11 is 1.75. The molecule has 5 aliphatic rings. The van der Waals surface area contributed by atoms with Crippen molar-refractivity contribution in [3.05, 3.63) is 0 Å². The number of hydrogen-bond donors (Lipinski definition) is 1. The molecule has 2 bridgehead atoms. The van der Waals surface area contributed by atoms with E-state index in [0.29, 0.717) is 11.8 Å². The Morgan fingerprint density at radius 3 is 2.71 bits per heavy atom. The minimum atomic E-state index is -0.707. The van der Waals surface area contributed by atoms with Crippen LogP contribution in [0.1, 0.15) is 39.5 Å². The van der Waals surface area contributed by atoms with Gasteiger partial charge in [0.1, 0.15) is 5.44 Å². The van der Waals surface area contributed by atoms with Gasteiger partial charge < -0.3 is 15.2 Å². The third kappa shape index (κ3) is 1.90. The standard InChI is InChI=1S/C15H25NO4S/c1-8-9-4-5-11(16)10-6-7-14(2)18-13(17-12(8)21-3)15(9,10)20-19-14/h8-13H,4-7,16H2,1-3H3/t8-,9+,10+,11-,12-,13-,14-,15+/m1/s1. The largest absolute Gasteiger partial charge is 0.335 e. The Balaban J connectivity index is 1.79. The second-order valence-electron chi connectivity index (χ2n) is 7.20. The second-order valence-corrected chi connectivity index (χ2v) is 8.13. The molecular formula is C15H25NO4S. The molecule has 5 rings (SSSR count). The molecule has 0 aromatic rings. The van der Waals surface area contributed by atoms with Gasteiger partial charge in [-0.25, -0.2) is 9.78 Å². The number of thioether (sulfide) groups is 1. The van der Waals surface area contributed by atoms with E-state index in [0.717, 1.165) is 25.7 Å². The van der Waals surface area contributed by atoms with Gasteiger partial charge in [-0.05, 0) is 38.4 Å². The third-order valence-corrected chi connectivity index (χ3v) is 7.04. The van der Waals surface area contributed by atoms with Gasteiger partial charge >= 0.3 is 0 Å². The fourth-order valence-electron chi connectivity index (χ4n) is 4.89. The first kappa shape index (κ1) is 14.7. The van der Waals surface area contributed by atoms with E-state index in [2.05, 4.69) is 13.2 Å². The molecule has 1 saturated carbocycles. The Hall–Kier alpha value is 0.150. The molecule has 5 nitrogen and oxygen atoms in total. The quantitative estimate of drug-likeness (QED) is 0.749. The molecule has 0 aromatic carbocycles. The van der Waals surface area contributed by atoms with Crippen LogP contribution in [0.4, 0.5) is 0 Å². The van der Waals surface area contributed by atoms with E-state index in [-0.39, 0.29) is 23.7 Å². The van der Waals surface area contributed by atoms with Gasteiger partial charge in [0.15, 0.2) is 11.9 Å². The van der Waals surface area contributed by atoms with Gasteiger partial charge in [-0.15, -0.1) is 11.8 Å². The van der Waals surface area contributed by atoms with Gasteiger partial charge in [-0.2, -0.15) is 0 Å².